The fraction of sp³-hybridized carbons (Fsp3) is 0.333. The molecule has 1 aliphatic heterocycles. The highest BCUT2D eigenvalue weighted by Crippen LogP contribution is 2.34. The Balaban J connectivity index is 1.88. The number of nitrogens with zero attached hydrogens (tertiary/aromatic N) is 3. The summed E-state index contributed by atoms with van der Waals surface area (Å²) < 4.78 is 27.7. The lowest BCUT2D eigenvalue weighted by molar-refractivity contribution is 0.0697. The van der Waals surface area contributed by atoms with Gasteiger partial charge in [-0.2, -0.15) is 17.0 Å². The molecule has 1 N–H and O–H groups in total. The molecule has 1 fully saturated rings. The lowest BCUT2D eigenvalue weighted by Gasteiger charge is -2.26. The summed E-state index contributed by atoms with van der Waals surface area (Å²) in [6, 6.07) is 10.0. The molecule has 0 aliphatic carbocycles. The summed E-state index contributed by atoms with van der Waals surface area (Å²) in [5, 5.41) is 9.11. The van der Waals surface area contributed by atoms with Crippen molar-refractivity contribution < 1.29 is 18.3 Å². The molecule has 1 aromatic carbocycles. The highest BCUT2D eigenvalue weighted by molar-refractivity contribution is 7.86. The van der Waals surface area contributed by atoms with E-state index in [1.807, 2.05) is 18.2 Å². The number of carboxylic acid groups (broad SMARTS) is 1. The molecular formula is C18H21N3O4S. The summed E-state index contributed by atoms with van der Waals surface area (Å²) in [4.78, 5) is 15.6. The molecule has 138 valence electrons. The maximum atomic E-state index is 12.5. The Morgan fingerprint density at radius 3 is 2.62 bits per heavy atom. The Morgan fingerprint density at radius 2 is 2.00 bits per heavy atom. The van der Waals surface area contributed by atoms with Crippen LogP contribution < -0.4 is 0 Å². The first-order valence-corrected chi connectivity index (χ1v) is 9.69. The van der Waals surface area contributed by atoms with Crippen molar-refractivity contribution in [2.24, 2.45) is 0 Å². The molecule has 1 saturated heterocycles. The van der Waals surface area contributed by atoms with Gasteiger partial charge in [0, 0.05) is 32.4 Å². The van der Waals surface area contributed by atoms with Crippen LogP contribution in [0.1, 0.15) is 34.9 Å². The summed E-state index contributed by atoms with van der Waals surface area (Å²) in [6.45, 7) is 0.481. The van der Waals surface area contributed by atoms with Gasteiger partial charge in [-0.05, 0) is 36.6 Å². The van der Waals surface area contributed by atoms with E-state index in [0.717, 1.165) is 24.0 Å². The Labute approximate surface area is 153 Å². The van der Waals surface area contributed by atoms with Crippen LogP contribution in [-0.4, -0.2) is 53.7 Å². The van der Waals surface area contributed by atoms with Crippen LogP contribution in [0.15, 0.2) is 42.6 Å². The van der Waals surface area contributed by atoms with Crippen LogP contribution in [0.5, 0.6) is 0 Å². The second kappa shape index (κ2) is 7.14. The third kappa shape index (κ3) is 3.48. The van der Waals surface area contributed by atoms with Crippen LogP contribution in [0, 0.1) is 0 Å². The van der Waals surface area contributed by atoms with E-state index in [1.165, 1.54) is 28.8 Å². The fourth-order valence-electron chi connectivity index (χ4n) is 3.13. The van der Waals surface area contributed by atoms with Gasteiger partial charge in [-0.1, -0.05) is 18.2 Å². The van der Waals surface area contributed by atoms with Gasteiger partial charge in [0.25, 0.3) is 10.2 Å². The van der Waals surface area contributed by atoms with Crippen LogP contribution in [0.4, 0.5) is 0 Å². The number of carboxylic acids is 1. The molecular weight excluding hydrogens is 354 g/mol. The van der Waals surface area contributed by atoms with E-state index in [-0.39, 0.29) is 11.6 Å². The number of aromatic nitrogens is 1. The minimum atomic E-state index is -3.49. The maximum absolute atomic E-state index is 12.5. The zero-order chi connectivity index (χ0) is 18.9. The Hall–Kier alpha value is -2.29. The number of hydrogen-bond donors (Lipinski definition) is 1. The van der Waals surface area contributed by atoms with Gasteiger partial charge < -0.3 is 5.11 Å². The van der Waals surface area contributed by atoms with Crippen molar-refractivity contribution in [2.75, 3.05) is 20.6 Å². The minimum Gasteiger partial charge on any atom is -0.478 e. The first-order valence-electron chi connectivity index (χ1n) is 8.29. The van der Waals surface area contributed by atoms with Crippen LogP contribution in [0.3, 0.4) is 0 Å². The number of rotatable bonds is 5. The van der Waals surface area contributed by atoms with E-state index >= 15 is 0 Å². The fourth-order valence-corrected chi connectivity index (χ4v) is 4.44. The first kappa shape index (κ1) is 18.5. The molecule has 2 aromatic rings. The van der Waals surface area contributed by atoms with E-state index in [1.54, 1.807) is 18.3 Å². The molecule has 1 atom stereocenters. The van der Waals surface area contributed by atoms with E-state index in [0.29, 0.717) is 12.2 Å². The molecule has 7 nitrogen and oxygen atoms in total. The second-order valence-corrected chi connectivity index (χ2v) is 8.51. The Kier molecular flexibility index (Phi) is 5.08. The van der Waals surface area contributed by atoms with Crippen LogP contribution in [-0.2, 0) is 10.2 Å². The quantitative estimate of drug-likeness (QED) is 0.866. The number of benzene rings is 1. The number of aromatic carboxylic acids is 1. The summed E-state index contributed by atoms with van der Waals surface area (Å²) >= 11 is 0. The average molecular weight is 375 g/mol. The van der Waals surface area contributed by atoms with Crippen molar-refractivity contribution in [1.29, 1.82) is 0 Å². The zero-order valence-electron chi connectivity index (χ0n) is 14.7. The third-order valence-corrected chi connectivity index (χ3v) is 6.48. The SMILES string of the molecule is CN(C)S(=O)(=O)N1CCC[C@@H]1c1ccc(-c2cccc(C(=O)O)c2)cn1. The average Bonchev–Trinajstić information content (AvgIpc) is 3.12. The largest absolute Gasteiger partial charge is 0.478 e. The van der Waals surface area contributed by atoms with Gasteiger partial charge in [-0.15, -0.1) is 0 Å². The molecule has 1 aromatic heterocycles. The molecule has 0 radical (unpaired) electrons. The van der Waals surface area contributed by atoms with E-state index < -0.39 is 16.2 Å². The lowest BCUT2D eigenvalue weighted by atomic mass is 10.0. The van der Waals surface area contributed by atoms with Crippen molar-refractivity contribution in [3.63, 3.8) is 0 Å². The topological polar surface area (TPSA) is 90.8 Å². The molecule has 0 unspecified atom stereocenters. The van der Waals surface area contributed by atoms with Gasteiger partial charge in [0.15, 0.2) is 0 Å². The van der Waals surface area contributed by atoms with Crippen molar-refractivity contribution in [3.05, 3.63) is 53.9 Å². The number of pyridine rings is 1. The predicted molar refractivity (Wildman–Crippen MR) is 97.9 cm³/mol. The first-order chi connectivity index (χ1) is 12.3. The van der Waals surface area contributed by atoms with Crippen molar-refractivity contribution in [3.8, 4) is 11.1 Å². The van der Waals surface area contributed by atoms with Gasteiger partial charge in [-0.25, -0.2) is 4.79 Å². The zero-order valence-corrected chi connectivity index (χ0v) is 15.5. The number of hydrogen-bond acceptors (Lipinski definition) is 4. The molecule has 26 heavy (non-hydrogen) atoms. The number of carbonyl (C=O) groups is 1. The smallest absolute Gasteiger partial charge is 0.335 e. The standard InChI is InChI=1S/C18H21N3O4S/c1-20(2)26(24,25)21-10-4-7-17(21)16-9-8-15(12-19-16)13-5-3-6-14(11-13)18(22)23/h3,5-6,8-9,11-12,17H,4,7,10H2,1-2H3,(H,22,23)/t17-/m1/s1. The summed E-state index contributed by atoms with van der Waals surface area (Å²) in [5.41, 5.74) is 2.46. The van der Waals surface area contributed by atoms with Crippen LogP contribution in [0.25, 0.3) is 11.1 Å². The van der Waals surface area contributed by atoms with E-state index in [2.05, 4.69) is 4.98 Å². The minimum absolute atomic E-state index is 0.214. The van der Waals surface area contributed by atoms with Gasteiger partial charge in [0.1, 0.15) is 0 Å². The summed E-state index contributed by atoms with van der Waals surface area (Å²) in [6.07, 6.45) is 3.19. The van der Waals surface area contributed by atoms with Gasteiger partial charge in [-0.3, -0.25) is 4.98 Å². The molecule has 1 aliphatic rings. The van der Waals surface area contributed by atoms with Crippen molar-refractivity contribution in [2.45, 2.75) is 18.9 Å². The van der Waals surface area contributed by atoms with Gasteiger partial charge >= 0.3 is 5.97 Å². The summed E-state index contributed by atoms with van der Waals surface area (Å²) in [5.74, 6) is -0.980. The van der Waals surface area contributed by atoms with Crippen LogP contribution >= 0.6 is 0 Å². The molecule has 8 heteroatoms. The lowest BCUT2D eigenvalue weighted by Crippen LogP contribution is -2.39. The maximum Gasteiger partial charge on any atom is 0.335 e. The van der Waals surface area contributed by atoms with Gasteiger partial charge in [0.2, 0.25) is 0 Å². The van der Waals surface area contributed by atoms with Crippen molar-refractivity contribution in [1.82, 2.24) is 13.6 Å². The van der Waals surface area contributed by atoms with E-state index in [9.17, 15) is 13.2 Å². The normalized spacial score (nSPS) is 18.3. The molecule has 0 bridgehead atoms. The molecule has 0 spiro atoms. The molecule has 0 saturated carbocycles. The Bertz CT molecular complexity index is 910. The monoisotopic (exact) mass is 375 g/mol. The highest BCUT2D eigenvalue weighted by Gasteiger charge is 2.37. The van der Waals surface area contributed by atoms with E-state index in [4.69, 9.17) is 5.11 Å². The molecule has 0 amide bonds. The second-order valence-electron chi connectivity index (χ2n) is 6.42. The molecule has 3 rings (SSSR count). The van der Waals surface area contributed by atoms with Crippen molar-refractivity contribution >= 4 is 16.2 Å². The Morgan fingerprint density at radius 1 is 1.23 bits per heavy atom. The molecule has 2 heterocycles. The summed E-state index contributed by atoms with van der Waals surface area (Å²) in [7, 11) is -0.441. The van der Waals surface area contributed by atoms with Crippen LogP contribution in [0.2, 0.25) is 0 Å². The van der Waals surface area contributed by atoms with Gasteiger partial charge in [0.05, 0.1) is 17.3 Å². The predicted octanol–water partition coefficient (Wildman–Crippen LogP) is 2.39. The highest BCUT2D eigenvalue weighted by atomic mass is 32.2. The third-order valence-electron chi connectivity index (χ3n) is 4.53.